The number of nitrogens with zero attached hydrogens (tertiary/aromatic N) is 2. The van der Waals surface area contributed by atoms with E-state index in [0.29, 0.717) is 25.0 Å². The first kappa shape index (κ1) is 16.3. The molecule has 134 valence electrons. The van der Waals surface area contributed by atoms with Gasteiger partial charge in [0.15, 0.2) is 11.5 Å². The van der Waals surface area contributed by atoms with Crippen molar-refractivity contribution < 1.29 is 14.2 Å². The molecule has 2 heterocycles. The summed E-state index contributed by atoms with van der Waals surface area (Å²) in [5.74, 6) is 2.21. The van der Waals surface area contributed by atoms with Gasteiger partial charge in [-0.3, -0.25) is 4.68 Å². The molecule has 6 nitrogen and oxygen atoms in total. The van der Waals surface area contributed by atoms with Crippen LogP contribution < -0.4 is 19.5 Å². The second-order valence-electron chi connectivity index (χ2n) is 6.51. The molecular weight excluding hydrogens is 318 g/mol. The second kappa shape index (κ2) is 6.96. The van der Waals surface area contributed by atoms with Crippen LogP contribution in [0.25, 0.3) is 0 Å². The third kappa shape index (κ3) is 3.06. The van der Waals surface area contributed by atoms with Gasteiger partial charge in [0.05, 0.1) is 13.3 Å². The third-order valence-corrected chi connectivity index (χ3v) is 5.00. The molecule has 1 aliphatic heterocycles. The van der Waals surface area contributed by atoms with Gasteiger partial charge in [-0.1, -0.05) is 0 Å². The predicted molar refractivity (Wildman–Crippen MR) is 94.4 cm³/mol. The average molecular weight is 343 g/mol. The van der Waals surface area contributed by atoms with Crippen molar-refractivity contribution in [2.45, 2.75) is 45.3 Å². The van der Waals surface area contributed by atoms with Crippen LogP contribution in [-0.4, -0.2) is 30.1 Å². The van der Waals surface area contributed by atoms with E-state index in [-0.39, 0.29) is 0 Å². The average Bonchev–Trinajstić information content (AvgIpc) is 3.09. The molecule has 1 atom stereocenters. The van der Waals surface area contributed by atoms with Crippen molar-refractivity contribution >= 4 is 0 Å². The number of fused-ring (bicyclic) bond motifs is 2. The summed E-state index contributed by atoms with van der Waals surface area (Å²) in [7, 11) is 1.66. The van der Waals surface area contributed by atoms with E-state index in [1.54, 1.807) is 7.11 Å². The summed E-state index contributed by atoms with van der Waals surface area (Å²) in [4.78, 5) is 0. The maximum absolute atomic E-state index is 5.73. The van der Waals surface area contributed by atoms with Crippen LogP contribution in [0.4, 0.5) is 0 Å². The molecule has 0 radical (unpaired) electrons. The maximum Gasteiger partial charge on any atom is 0.203 e. The largest absolute Gasteiger partial charge is 0.493 e. The van der Waals surface area contributed by atoms with E-state index in [9.17, 15) is 0 Å². The lowest BCUT2D eigenvalue weighted by molar-refractivity contribution is 0.165. The highest BCUT2D eigenvalue weighted by atomic mass is 16.6. The number of aromatic nitrogens is 2. The highest BCUT2D eigenvalue weighted by molar-refractivity contribution is 5.54. The Hall–Kier alpha value is -2.21. The van der Waals surface area contributed by atoms with Gasteiger partial charge in [0.2, 0.25) is 5.75 Å². The van der Waals surface area contributed by atoms with E-state index in [1.807, 2.05) is 18.3 Å². The molecule has 0 fully saturated rings. The normalized spacial score (nSPS) is 18.7. The molecular formula is C19H25N3O3. The summed E-state index contributed by atoms with van der Waals surface area (Å²) in [5.41, 5.74) is 3.86. The molecule has 0 saturated carbocycles. The van der Waals surface area contributed by atoms with Crippen LogP contribution in [0.15, 0.2) is 18.3 Å². The van der Waals surface area contributed by atoms with E-state index < -0.39 is 0 Å². The zero-order valence-electron chi connectivity index (χ0n) is 14.9. The molecule has 0 spiro atoms. The van der Waals surface area contributed by atoms with Crippen molar-refractivity contribution in [1.82, 2.24) is 15.1 Å². The molecule has 1 unspecified atom stereocenters. The van der Waals surface area contributed by atoms with Crippen LogP contribution in [0, 0.1) is 0 Å². The van der Waals surface area contributed by atoms with E-state index in [2.05, 4.69) is 22.0 Å². The minimum atomic E-state index is 0.350. The van der Waals surface area contributed by atoms with Crippen LogP contribution in [0.1, 0.15) is 42.6 Å². The SMILES string of the molecule is CCn1ncc2c1CCCC2NCc1cc(OC)c2c(c1)OCCO2. The van der Waals surface area contributed by atoms with E-state index in [4.69, 9.17) is 14.2 Å². The Morgan fingerprint density at radius 1 is 1.32 bits per heavy atom. The first-order valence-corrected chi connectivity index (χ1v) is 9.04. The fourth-order valence-corrected chi connectivity index (χ4v) is 3.77. The van der Waals surface area contributed by atoms with Gasteiger partial charge in [0, 0.05) is 30.4 Å². The Bertz CT molecular complexity index is 739. The number of hydrogen-bond acceptors (Lipinski definition) is 5. The van der Waals surface area contributed by atoms with Crippen molar-refractivity contribution in [3.05, 3.63) is 35.2 Å². The van der Waals surface area contributed by atoms with Crippen molar-refractivity contribution in [3.63, 3.8) is 0 Å². The molecule has 0 saturated heterocycles. The third-order valence-electron chi connectivity index (χ3n) is 5.00. The number of methoxy groups -OCH3 is 1. The lowest BCUT2D eigenvalue weighted by Gasteiger charge is -2.25. The molecule has 2 aliphatic rings. The Labute approximate surface area is 148 Å². The first-order valence-electron chi connectivity index (χ1n) is 9.04. The summed E-state index contributed by atoms with van der Waals surface area (Å²) < 4.78 is 19.0. The first-order chi connectivity index (χ1) is 12.3. The van der Waals surface area contributed by atoms with Gasteiger partial charge in [0.25, 0.3) is 0 Å². The molecule has 0 bridgehead atoms. The van der Waals surface area contributed by atoms with Crippen LogP contribution in [0.3, 0.4) is 0 Å². The number of aryl methyl sites for hydroxylation is 1. The summed E-state index contributed by atoms with van der Waals surface area (Å²) >= 11 is 0. The van der Waals surface area contributed by atoms with Crippen molar-refractivity contribution in [2.24, 2.45) is 0 Å². The minimum absolute atomic E-state index is 0.350. The standard InChI is InChI=1S/C19H25N3O3/c1-3-22-16-6-4-5-15(14(16)12-21-22)20-11-13-9-17(23-2)19-18(10-13)24-7-8-25-19/h9-10,12,15,20H,3-8,11H2,1-2H3. The Morgan fingerprint density at radius 3 is 3.04 bits per heavy atom. The van der Waals surface area contributed by atoms with Gasteiger partial charge in [-0.15, -0.1) is 0 Å². The Balaban J connectivity index is 1.52. The quantitative estimate of drug-likeness (QED) is 0.905. The molecule has 1 aliphatic carbocycles. The molecule has 25 heavy (non-hydrogen) atoms. The van der Waals surface area contributed by atoms with Crippen molar-refractivity contribution in [2.75, 3.05) is 20.3 Å². The number of nitrogens with one attached hydrogen (secondary N) is 1. The Kier molecular flexibility index (Phi) is 4.53. The molecule has 1 aromatic carbocycles. The summed E-state index contributed by atoms with van der Waals surface area (Å²) in [5, 5.41) is 8.21. The van der Waals surface area contributed by atoms with Gasteiger partial charge < -0.3 is 19.5 Å². The fraction of sp³-hybridized carbons (Fsp3) is 0.526. The summed E-state index contributed by atoms with van der Waals surface area (Å²) in [6.07, 6.45) is 5.49. The zero-order chi connectivity index (χ0) is 17.2. The van der Waals surface area contributed by atoms with Crippen LogP contribution in [-0.2, 0) is 19.5 Å². The van der Waals surface area contributed by atoms with E-state index in [0.717, 1.165) is 43.0 Å². The molecule has 2 aromatic rings. The number of hydrogen-bond donors (Lipinski definition) is 1. The van der Waals surface area contributed by atoms with Crippen LogP contribution in [0.5, 0.6) is 17.2 Å². The topological polar surface area (TPSA) is 57.5 Å². The van der Waals surface area contributed by atoms with Gasteiger partial charge in [-0.25, -0.2) is 0 Å². The van der Waals surface area contributed by atoms with Crippen LogP contribution >= 0.6 is 0 Å². The van der Waals surface area contributed by atoms with E-state index >= 15 is 0 Å². The van der Waals surface area contributed by atoms with Gasteiger partial charge in [0.1, 0.15) is 13.2 Å². The number of benzene rings is 1. The second-order valence-corrected chi connectivity index (χ2v) is 6.51. The molecule has 1 aromatic heterocycles. The Morgan fingerprint density at radius 2 is 2.20 bits per heavy atom. The van der Waals surface area contributed by atoms with Crippen molar-refractivity contribution in [3.8, 4) is 17.2 Å². The van der Waals surface area contributed by atoms with Crippen molar-refractivity contribution in [1.29, 1.82) is 0 Å². The molecule has 1 N–H and O–H groups in total. The van der Waals surface area contributed by atoms with Crippen LogP contribution in [0.2, 0.25) is 0 Å². The lowest BCUT2D eigenvalue weighted by atomic mass is 9.92. The summed E-state index contributed by atoms with van der Waals surface area (Å²) in [6, 6.07) is 4.42. The number of ether oxygens (including phenoxy) is 3. The molecule has 4 rings (SSSR count). The number of rotatable bonds is 5. The maximum atomic E-state index is 5.73. The van der Waals surface area contributed by atoms with Gasteiger partial charge in [-0.05, 0) is 43.9 Å². The smallest absolute Gasteiger partial charge is 0.203 e. The molecule has 0 amide bonds. The fourth-order valence-electron chi connectivity index (χ4n) is 3.77. The highest BCUT2D eigenvalue weighted by Crippen LogP contribution is 2.40. The lowest BCUT2D eigenvalue weighted by Crippen LogP contribution is -2.25. The predicted octanol–water partition coefficient (Wildman–Crippen LogP) is 2.85. The minimum Gasteiger partial charge on any atom is -0.493 e. The van der Waals surface area contributed by atoms with Gasteiger partial charge >= 0.3 is 0 Å². The van der Waals surface area contributed by atoms with E-state index in [1.165, 1.54) is 17.7 Å². The highest BCUT2D eigenvalue weighted by Gasteiger charge is 2.24. The van der Waals surface area contributed by atoms with Gasteiger partial charge in [-0.2, -0.15) is 5.10 Å². The monoisotopic (exact) mass is 343 g/mol. The summed E-state index contributed by atoms with van der Waals surface area (Å²) in [6.45, 7) is 4.98. The zero-order valence-corrected chi connectivity index (χ0v) is 14.9. The molecule has 6 heteroatoms.